The summed E-state index contributed by atoms with van der Waals surface area (Å²) in [6.45, 7) is 0.631. The van der Waals surface area contributed by atoms with Crippen LogP contribution in [0.25, 0.3) is 0 Å². The van der Waals surface area contributed by atoms with Crippen LogP contribution in [0.4, 0.5) is 11.4 Å². The van der Waals surface area contributed by atoms with Crippen LogP contribution in [-0.4, -0.2) is 17.4 Å². The monoisotopic (exact) mass is 309 g/mol. The highest BCUT2D eigenvalue weighted by Crippen LogP contribution is 2.60. The van der Waals surface area contributed by atoms with Crippen molar-refractivity contribution in [2.24, 2.45) is 11.3 Å². The molecule has 2 aliphatic carbocycles. The summed E-state index contributed by atoms with van der Waals surface area (Å²) >= 11 is 5.86. The number of carbonyl (C=O) groups excluding carboxylic acids is 1. The molecular weight excluding hydrogens is 294 g/mol. The van der Waals surface area contributed by atoms with Crippen LogP contribution in [0, 0.1) is 21.4 Å². The zero-order valence-electron chi connectivity index (χ0n) is 11.4. The van der Waals surface area contributed by atoms with E-state index in [1.54, 1.807) is 0 Å². The number of nitrogen functional groups attached to an aromatic ring is 1. The largest absolute Gasteiger partial charge is 0.392 e. The maximum atomic E-state index is 12.2. The molecule has 0 atom stereocenters. The van der Waals surface area contributed by atoms with Gasteiger partial charge >= 0.3 is 0 Å². The maximum absolute atomic E-state index is 12.2. The number of hydrogen-bond donors (Lipinski definition) is 2. The first-order chi connectivity index (χ1) is 9.93. The molecular formula is C14H16ClN3O3. The minimum absolute atomic E-state index is 0.0256. The van der Waals surface area contributed by atoms with Gasteiger partial charge in [0.1, 0.15) is 5.69 Å². The first-order valence-corrected chi connectivity index (χ1v) is 7.32. The van der Waals surface area contributed by atoms with Crippen LogP contribution in [0.2, 0.25) is 5.02 Å². The van der Waals surface area contributed by atoms with E-state index in [9.17, 15) is 14.9 Å². The van der Waals surface area contributed by atoms with E-state index >= 15 is 0 Å². The number of rotatable bonds is 5. The minimum atomic E-state index is -0.634. The van der Waals surface area contributed by atoms with E-state index < -0.39 is 4.92 Å². The molecule has 7 heteroatoms. The van der Waals surface area contributed by atoms with Crippen molar-refractivity contribution < 1.29 is 9.72 Å². The van der Waals surface area contributed by atoms with Crippen molar-refractivity contribution in [3.63, 3.8) is 0 Å². The van der Waals surface area contributed by atoms with Crippen LogP contribution < -0.4 is 11.1 Å². The van der Waals surface area contributed by atoms with Crippen molar-refractivity contribution in [1.82, 2.24) is 5.32 Å². The summed E-state index contributed by atoms with van der Waals surface area (Å²) in [5.74, 6) is 0.397. The molecule has 2 saturated carbocycles. The van der Waals surface area contributed by atoms with Crippen molar-refractivity contribution in [3.05, 3.63) is 32.8 Å². The second-order valence-corrected chi connectivity index (χ2v) is 6.37. The fourth-order valence-electron chi connectivity index (χ4n) is 2.83. The summed E-state index contributed by atoms with van der Waals surface area (Å²) in [5, 5.41) is 13.8. The van der Waals surface area contributed by atoms with Gasteiger partial charge in [-0.3, -0.25) is 14.9 Å². The Kier molecular flexibility index (Phi) is 3.28. The number of hydrogen-bond acceptors (Lipinski definition) is 4. The quantitative estimate of drug-likeness (QED) is 0.496. The molecule has 1 aromatic rings. The molecule has 0 saturated heterocycles. The van der Waals surface area contributed by atoms with Crippen molar-refractivity contribution in [2.75, 3.05) is 12.3 Å². The third kappa shape index (κ3) is 2.68. The van der Waals surface area contributed by atoms with E-state index in [1.807, 2.05) is 0 Å². The fraction of sp³-hybridized carbons (Fsp3) is 0.500. The highest BCUT2D eigenvalue weighted by atomic mass is 35.5. The second-order valence-electron chi connectivity index (χ2n) is 5.97. The molecule has 0 heterocycles. The molecule has 3 rings (SSSR count). The number of nitrogens with two attached hydrogens (primary N) is 1. The summed E-state index contributed by atoms with van der Waals surface area (Å²) in [6, 6.07) is 2.54. The molecule has 0 radical (unpaired) electrons. The molecule has 2 fully saturated rings. The minimum Gasteiger partial charge on any atom is -0.392 e. The van der Waals surface area contributed by atoms with Gasteiger partial charge in [-0.1, -0.05) is 11.6 Å². The number of carbonyl (C=O) groups is 1. The summed E-state index contributed by atoms with van der Waals surface area (Å²) in [4.78, 5) is 22.4. The first-order valence-electron chi connectivity index (χ1n) is 6.94. The summed E-state index contributed by atoms with van der Waals surface area (Å²) in [7, 11) is 0. The van der Waals surface area contributed by atoms with Gasteiger partial charge in [0.05, 0.1) is 9.95 Å². The smallest absolute Gasteiger partial charge is 0.294 e. The Morgan fingerprint density at radius 2 is 2.14 bits per heavy atom. The van der Waals surface area contributed by atoms with Crippen molar-refractivity contribution >= 4 is 28.9 Å². The lowest BCUT2D eigenvalue weighted by Gasteiger charge is -2.15. The summed E-state index contributed by atoms with van der Waals surface area (Å²) < 4.78 is 0. The van der Waals surface area contributed by atoms with Crippen LogP contribution in [0.15, 0.2) is 12.1 Å². The lowest BCUT2D eigenvalue weighted by molar-refractivity contribution is -0.383. The Balaban J connectivity index is 1.73. The van der Waals surface area contributed by atoms with Crippen molar-refractivity contribution in [2.45, 2.75) is 25.7 Å². The van der Waals surface area contributed by atoms with Gasteiger partial charge in [-0.25, -0.2) is 0 Å². The number of halogens is 1. The van der Waals surface area contributed by atoms with Crippen molar-refractivity contribution in [3.8, 4) is 0 Å². The number of nitrogens with one attached hydrogen (secondary N) is 1. The van der Waals surface area contributed by atoms with Gasteiger partial charge in [-0.15, -0.1) is 0 Å². The number of amides is 1. The zero-order chi connectivity index (χ0) is 15.2. The molecule has 0 spiro atoms. The van der Waals surface area contributed by atoms with Crippen molar-refractivity contribution in [1.29, 1.82) is 0 Å². The molecule has 0 aromatic heterocycles. The van der Waals surface area contributed by atoms with Gasteiger partial charge in [0.15, 0.2) is 0 Å². The third-order valence-electron chi connectivity index (χ3n) is 4.50. The Bertz CT molecular complexity index is 624. The number of nitro benzene ring substituents is 1. The molecule has 3 N–H and O–H groups in total. The highest BCUT2D eigenvalue weighted by Gasteiger charge is 2.53. The van der Waals surface area contributed by atoms with Crippen LogP contribution >= 0.6 is 11.6 Å². The zero-order valence-corrected chi connectivity index (χ0v) is 12.2. The Morgan fingerprint density at radius 1 is 1.48 bits per heavy atom. The van der Waals surface area contributed by atoms with E-state index in [-0.39, 0.29) is 33.3 Å². The molecule has 21 heavy (non-hydrogen) atoms. The summed E-state index contributed by atoms with van der Waals surface area (Å²) in [5.41, 5.74) is 5.55. The second kappa shape index (κ2) is 4.87. The van der Waals surface area contributed by atoms with Gasteiger partial charge < -0.3 is 11.1 Å². The van der Waals surface area contributed by atoms with Crippen LogP contribution in [-0.2, 0) is 0 Å². The van der Waals surface area contributed by atoms with E-state index in [0.29, 0.717) is 6.54 Å². The van der Waals surface area contributed by atoms with Gasteiger partial charge in [0.25, 0.3) is 11.6 Å². The molecule has 1 amide bonds. The van der Waals surface area contributed by atoms with Gasteiger partial charge in [-0.05, 0) is 43.1 Å². The van der Waals surface area contributed by atoms with Crippen LogP contribution in [0.3, 0.4) is 0 Å². The lowest BCUT2D eigenvalue weighted by atomic mass is 10.0. The van der Waals surface area contributed by atoms with Gasteiger partial charge in [-0.2, -0.15) is 0 Å². The molecule has 112 valence electrons. The average molecular weight is 310 g/mol. The highest BCUT2D eigenvalue weighted by molar-refractivity contribution is 6.34. The number of anilines is 1. The van der Waals surface area contributed by atoms with Crippen LogP contribution in [0.5, 0.6) is 0 Å². The van der Waals surface area contributed by atoms with Crippen LogP contribution in [0.1, 0.15) is 36.0 Å². The third-order valence-corrected chi connectivity index (χ3v) is 4.82. The normalized spacial score (nSPS) is 19.1. The van der Waals surface area contributed by atoms with E-state index in [4.69, 9.17) is 17.3 Å². The Hall–Kier alpha value is -1.82. The molecule has 0 aliphatic heterocycles. The predicted octanol–water partition coefficient (Wildman–Crippen LogP) is 2.75. The molecule has 2 aliphatic rings. The number of benzene rings is 1. The molecule has 0 unspecified atom stereocenters. The standard InChI is InChI=1S/C14H16ClN3O3/c15-10-5-8(6-11(12(10)16)18(20)21)13(19)17-7-14(3-4-14)9-1-2-9/h5-6,9H,1-4,7,16H2,(H,17,19). The SMILES string of the molecule is Nc1c(Cl)cc(C(=O)NCC2(C3CC3)CC2)cc1[N+](=O)[O-]. The van der Waals surface area contributed by atoms with E-state index in [2.05, 4.69) is 5.32 Å². The van der Waals surface area contributed by atoms with Gasteiger partial charge in [0.2, 0.25) is 0 Å². The number of nitrogens with zero attached hydrogens (tertiary/aromatic N) is 1. The molecule has 1 aromatic carbocycles. The Labute approximate surface area is 126 Å². The van der Waals surface area contributed by atoms with E-state index in [0.717, 1.165) is 18.8 Å². The lowest BCUT2D eigenvalue weighted by Crippen LogP contribution is -2.31. The fourth-order valence-corrected chi connectivity index (χ4v) is 3.04. The topological polar surface area (TPSA) is 98.3 Å². The predicted molar refractivity (Wildman–Crippen MR) is 79.2 cm³/mol. The Morgan fingerprint density at radius 3 is 2.67 bits per heavy atom. The summed E-state index contributed by atoms with van der Waals surface area (Å²) in [6.07, 6.45) is 4.80. The van der Waals surface area contributed by atoms with E-state index in [1.165, 1.54) is 25.0 Å². The first kappa shape index (κ1) is 14.1. The molecule has 0 bridgehead atoms. The van der Waals surface area contributed by atoms with Gasteiger partial charge in [0, 0.05) is 18.2 Å². The maximum Gasteiger partial charge on any atom is 0.294 e. The average Bonchev–Trinajstić information content (AvgIpc) is 3.30. The molecule has 6 nitrogen and oxygen atoms in total. The number of nitro groups is 1.